The fourth-order valence-corrected chi connectivity index (χ4v) is 5.94. The molecule has 31 heavy (non-hydrogen) atoms. The largest absolute Gasteiger partial charge is 0.333 e. The molecule has 0 radical (unpaired) electrons. The van der Waals surface area contributed by atoms with Crippen LogP contribution in [0.1, 0.15) is 35.1 Å². The summed E-state index contributed by atoms with van der Waals surface area (Å²) in [6.07, 6.45) is 6.13. The third-order valence-corrected chi connectivity index (χ3v) is 7.51. The summed E-state index contributed by atoms with van der Waals surface area (Å²) in [6, 6.07) is 1.92. The summed E-state index contributed by atoms with van der Waals surface area (Å²) in [5.41, 5.74) is 11.2. The molecule has 9 nitrogen and oxygen atoms in total. The molecule has 2 fully saturated rings. The smallest absolute Gasteiger partial charge is 0.325 e. The second-order valence-electron chi connectivity index (χ2n) is 9.31. The second-order valence-corrected chi connectivity index (χ2v) is 10.8. The molecule has 0 atom stereocenters. The zero-order chi connectivity index (χ0) is 22.2. The van der Waals surface area contributed by atoms with Gasteiger partial charge < -0.3 is 20.9 Å². The van der Waals surface area contributed by atoms with Gasteiger partial charge in [-0.05, 0) is 74.9 Å². The van der Waals surface area contributed by atoms with Crippen LogP contribution in [-0.2, 0) is 35.9 Å². The highest BCUT2D eigenvalue weighted by atomic mass is 32.2. The van der Waals surface area contributed by atoms with Gasteiger partial charge in [0.15, 0.2) is 0 Å². The summed E-state index contributed by atoms with van der Waals surface area (Å²) in [7, 11) is 0.140. The van der Waals surface area contributed by atoms with E-state index >= 15 is 0 Å². The Hall–Kier alpha value is -1.72. The summed E-state index contributed by atoms with van der Waals surface area (Å²) in [5.74, 6) is 0. The number of hydrogen-bond acceptors (Lipinski definition) is 6. The first-order chi connectivity index (χ1) is 14.7. The predicted octanol–water partition coefficient (Wildman–Crippen LogP) is 0.193. The third kappa shape index (κ3) is 5.38. The number of likely N-dealkylation sites (tertiary alicyclic amines) is 2. The number of nitrogens with zero attached hydrogens (tertiary/aromatic N) is 2. The van der Waals surface area contributed by atoms with Crippen molar-refractivity contribution in [1.82, 2.24) is 19.2 Å². The maximum atomic E-state index is 12.3. The maximum Gasteiger partial charge on any atom is 0.333 e. The number of nitrogens with two attached hydrogens (primary N) is 1. The van der Waals surface area contributed by atoms with E-state index in [0.29, 0.717) is 19.1 Å². The summed E-state index contributed by atoms with van der Waals surface area (Å²) in [4.78, 5) is 16.5. The van der Waals surface area contributed by atoms with E-state index in [1.807, 2.05) is 11.9 Å². The van der Waals surface area contributed by atoms with Crippen LogP contribution in [0.25, 0.3) is 0 Å². The van der Waals surface area contributed by atoms with Gasteiger partial charge in [0.2, 0.25) is 0 Å². The van der Waals surface area contributed by atoms with E-state index in [1.54, 1.807) is 0 Å². The summed E-state index contributed by atoms with van der Waals surface area (Å²) >= 11 is 0. The summed E-state index contributed by atoms with van der Waals surface area (Å²) in [6.45, 7) is 3.48. The molecular weight excluding hydrogens is 416 g/mol. The minimum atomic E-state index is -3.85. The normalized spacial score (nSPS) is 21.4. The number of amides is 2. The molecule has 1 aromatic rings. The Bertz CT molecular complexity index is 901. The number of hydrogen-bond donors (Lipinski definition) is 4. The molecule has 2 aliphatic carbocycles. The molecule has 2 saturated heterocycles. The Morgan fingerprint density at radius 3 is 1.97 bits per heavy atom. The average Bonchev–Trinajstić information content (AvgIpc) is 3.28. The molecule has 1 aromatic carbocycles. The number of carbonyl (C=O) groups excluding carboxylic acids is 1. The van der Waals surface area contributed by atoms with Crippen molar-refractivity contribution < 1.29 is 13.2 Å². The fraction of sp³-hybridized carbons (Fsp3) is 0.667. The van der Waals surface area contributed by atoms with Gasteiger partial charge in [-0.1, -0.05) is 6.07 Å². The van der Waals surface area contributed by atoms with Crippen molar-refractivity contribution in [2.45, 2.75) is 50.6 Å². The Balaban J connectivity index is 0.000000334. The van der Waals surface area contributed by atoms with Gasteiger partial charge in [0, 0.05) is 44.0 Å². The minimum Gasteiger partial charge on any atom is -0.325 e. The van der Waals surface area contributed by atoms with E-state index in [1.165, 1.54) is 22.3 Å². The van der Waals surface area contributed by atoms with E-state index in [2.05, 4.69) is 32.8 Å². The van der Waals surface area contributed by atoms with Crippen LogP contribution < -0.4 is 20.5 Å². The van der Waals surface area contributed by atoms with Gasteiger partial charge in [0.05, 0.1) is 0 Å². The predicted molar refractivity (Wildman–Crippen MR) is 121 cm³/mol. The summed E-state index contributed by atoms with van der Waals surface area (Å²) in [5, 5.41) is 2.84. The van der Waals surface area contributed by atoms with Crippen molar-refractivity contribution in [1.29, 1.82) is 0 Å². The molecule has 2 heterocycles. The average molecular weight is 451 g/mol. The number of rotatable bonds is 4. The number of likely N-dealkylation sites (N-methyl/N-ethyl adjacent to an activating group) is 2. The number of nitrogens with one attached hydrogen (secondary N) is 3. The Morgan fingerprint density at radius 1 is 0.968 bits per heavy atom. The van der Waals surface area contributed by atoms with E-state index in [-0.39, 0.29) is 6.04 Å². The highest BCUT2D eigenvalue weighted by molar-refractivity contribution is 7.88. The monoisotopic (exact) mass is 450 g/mol. The lowest BCUT2D eigenvalue weighted by Gasteiger charge is -2.36. The molecule has 0 spiro atoms. The number of carbonyl (C=O) groups is 1. The third-order valence-electron chi connectivity index (χ3n) is 6.42. The van der Waals surface area contributed by atoms with Gasteiger partial charge in [-0.3, -0.25) is 0 Å². The number of urea groups is 1. The zero-order valence-electron chi connectivity index (χ0n) is 18.4. The SMILES string of the molecule is CN1CC(N)C1.CN1CC(NS(=O)(=O)NC(=O)Nc2c3c(cc4c2CCC4)CCC3)C1. The van der Waals surface area contributed by atoms with Crippen LogP contribution in [-0.4, -0.2) is 76.6 Å². The lowest BCUT2D eigenvalue weighted by molar-refractivity contribution is 0.179. The maximum absolute atomic E-state index is 12.3. The number of aryl methyl sites for hydroxylation is 2. The Kier molecular flexibility index (Phi) is 6.55. The lowest BCUT2D eigenvalue weighted by Crippen LogP contribution is -2.59. The van der Waals surface area contributed by atoms with Gasteiger partial charge in [0.25, 0.3) is 0 Å². The van der Waals surface area contributed by atoms with Gasteiger partial charge in [-0.2, -0.15) is 13.1 Å². The number of benzene rings is 1. The number of fused-ring (bicyclic) bond motifs is 2. The van der Waals surface area contributed by atoms with E-state index in [9.17, 15) is 13.2 Å². The van der Waals surface area contributed by atoms with Gasteiger partial charge in [-0.25, -0.2) is 9.52 Å². The fourth-order valence-electron chi connectivity index (χ4n) is 5.00. The molecule has 0 saturated carbocycles. The molecule has 5 rings (SSSR count). The molecule has 2 amide bonds. The number of anilines is 1. The first-order valence-corrected chi connectivity index (χ1v) is 12.6. The first kappa shape index (κ1) is 22.5. The van der Waals surface area contributed by atoms with Crippen LogP contribution in [0.15, 0.2) is 6.07 Å². The molecule has 2 aliphatic heterocycles. The molecule has 0 unspecified atom stereocenters. The summed E-state index contributed by atoms with van der Waals surface area (Å²) < 4.78 is 28.8. The van der Waals surface area contributed by atoms with Crippen molar-refractivity contribution in [2.24, 2.45) is 5.73 Å². The van der Waals surface area contributed by atoms with E-state index < -0.39 is 16.2 Å². The lowest BCUT2D eigenvalue weighted by atomic mass is 9.99. The van der Waals surface area contributed by atoms with Gasteiger partial charge in [0.1, 0.15) is 0 Å². The quantitative estimate of drug-likeness (QED) is 0.520. The minimum absolute atomic E-state index is 0.138. The van der Waals surface area contributed by atoms with Crippen molar-refractivity contribution in [3.05, 3.63) is 28.3 Å². The van der Waals surface area contributed by atoms with Crippen LogP contribution in [0.5, 0.6) is 0 Å². The highest BCUT2D eigenvalue weighted by Crippen LogP contribution is 2.38. The Labute approximate surface area is 184 Å². The van der Waals surface area contributed by atoms with Gasteiger partial charge >= 0.3 is 16.2 Å². The highest BCUT2D eigenvalue weighted by Gasteiger charge is 2.29. The standard InChI is InChI=1S/C17H24N4O3S.C4H10N2/c1-21-9-13(10-21)19-25(23,24)20-17(22)18-16-14-6-2-4-11(14)8-12-5-3-7-15(12)16;1-6-2-4(5)3-6/h8,13,19H,2-7,9-10H2,1H3,(H2,18,20,22);4H,2-3,5H2,1H3. The van der Waals surface area contributed by atoms with Crippen molar-refractivity contribution in [3.63, 3.8) is 0 Å². The molecule has 10 heteroatoms. The first-order valence-electron chi connectivity index (χ1n) is 11.1. The molecule has 4 aliphatic rings. The molecule has 0 aromatic heterocycles. The van der Waals surface area contributed by atoms with Gasteiger partial charge in [-0.15, -0.1) is 0 Å². The van der Waals surface area contributed by atoms with Crippen molar-refractivity contribution in [2.75, 3.05) is 45.6 Å². The molecule has 0 bridgehead atoms. The Morgan fingerprint density at radius 2 is 1.52 bits per heavy atom. The molecular formula is C21H34N6O3S. The van der Waals surface area contributed by atoms with Crippen molar-refractivity contribution >= 4 is 21.9 Å². The van der Waals surface area contributed by atoms with Crippen LogP contribution >= 0.6 is 0 Å². The second kappa shape index (κ2) is 9.03. The van der Waals surface area contributed by atoms with Crippen LogP contribution in [0, 0.1) is 0 Å². The van der Waals surface area contributed by atoms with Crippen molar-refractivity contribution in [3.8, 4) is 0 Å². The van der Waals surface area contributed by atoms with Crippen LogP contribution in [0.2, 0.25) is 0 Å². The van der Waals surface area contributed by atoms with Crippen LogP contribution in [0.3, 0.4) is 0 Å². The topological polar surface area (TPSA) is 120 Å². The van der Waals surface area contributed by atoms with E-state index in [4.69, 9.17) is 5.73 Å². The zero-order valence-corrected chi connectivity index (χ0v) is 19.2. The van der Waals surface area contributed by atoms with E-state index in [0.717, 1.165) is 57.3 Å². The molecule has 5 N–H and O–H groups in total. The van der Waals surface area contributed by atoms with Crippen LogP contribution in [0.4, 0.5) is 10.5 Å². The molecule has 172 valence electrons.